The van der Waals surface area contributed by atoms with E-state index >= 15 is 0 Å². The molecule has 0 radical (unpaired) electrons. The second kappa shape index (κ2) is 5.22. The molecule has 1 atom stereocenters. The van der Waals surface area contributed by atoms with Gasteiger partial charge < -0.3 is 5.32 Å². The molecule has 1 aromatic rings. The molecule has 0 aliphatic carbocycles. The number of hydrogen-bond donors (Lipinski definition) is 2. The van der Waals surface area contributed by atoms with Crippen molar-refractivity contribution in [1.29, 1.82) is 0 Å². The van der Waals surface area contributed by atoms with Crippen molar-refractivity contribution in [2.75, 3.05) is 6.54 Å². The predicted octanol–water partition coefficient (Wildman–Crippen LogP) is 0.512. The minimum atomic E-state index is -0.626. The Morgan fingerprint density at radius 3 is 2.44 bits per heavy atom. The van der Waals surface area contributed by atoms with Crippen LogP contribution in [0.2, 0.25) is 0 Å². The Kier molecular flexibility index (Phi) is 3.66. The Morgan fingerprint density at radius 2 is 1.89 bits per heavy atom. The molecule has 6 heteroatoms. The minimum absolute atomic E-state index is 0.107. The largest absolute Gasteiger partial charge is 0.305 e. The number of amides is 2. The number of carbonyl (C=O) groups excluding carboxylic acids is 2. The highest BCUT2D eigenvalue weighted by atomic mass is 19.1. The average Bonchev–Trinajstić information content (AvgIpc) is 2.56. The van der Waals surface area contributed by atoms with Crippen LogP contribution in [0.25, 0.3) is 0 Å². The molecule has 1 heterocycles. The third-order valence-corrected chi connectivity index (χ3v) is 2.70. The minimum Gasteiger partial charge on any atom is -0.305 e. The second-order valence-electron chi connectivity index (χ2n) is 4.15. The maximum Gasteiger partial charge on any atom is 0.244 e. The fourth-order valence-corrected chi connectivity index (χ4v) is 1.86. The molecular weight excluding hydrogens is 242 g/mol. The molecule has 1 aliphatic heterocycles. The lowest BCUT2D eigenvalue weighted by molar-refractivity contribution is -0.125. The Bertz CT molecular complexity index is 471. The van der Waals surface area contributed by atoms with Gasteiger partial charge >= 0.3 is 0 Å². The molecule has 4 nitrogen and oxygen atoms in total. The summed E-state index contributed by atoms with van der Waals surface area (Å²) in [6.45, 7) is 0.369. The van der Waals surface area contributed by atoms with Gasteiger partial charge in [-0.05, 0) is 30.7 Å². The summed E-state index contributed by atoms with van der Waals surface area (Å²) >= 11 is 0. The molecule has 2 rings (SSSR count). The van der Waals surface area contributed by atoms with E-state index in [4.69, 9.17) is 0 Å². The Balaban J connectivity index is 1.85. The standard InChI is InChI=1S/C12H12F2N2O2/c13-8-3-7(4-9(14)5-8)1-2-15-10-6-11(17)16-12(10)18/h3-5,10,15H,1-2,6H2,(H,16,17,18). The predicted molar refractivity (Wildman–Crippen MR) is 59.6 cm³/mol. The maximum absolute atomic E-state index is 12.9. The van der Waals surface area contributed by atoms with E-state index in [1.807, 2.05) is 0 Å². The molecule has 1 aliphatic rings. The van der Waals surface area contributed by atoms with Gasteiger partial charge in [0.15, 0.2) is 0 Å². The van der Waals surface area contributed by atoms with Crippen LogP contribution in [-0.2, 0) is 16.0 Å². The Hall–Kier alpha value is -1.82. The molecule has 1 saturated heterocycles. The van der Waals surface area contributed by atoms with Crippen molar-refractivity contribution in [3.8, 4) is 0 Å². The molecular formula is C12H12F2N2O2. The number of hydrogen-bond acceptors (Lipinski definition) is 3. The normalized spacial score (nSPS) is 19.1. The van der Waals surface area contributed by atoms with Gasteiger partial charge in [-0.2, -0.15) is 0 Å². The van der Waals surface area contributed by atoms with Crippen molar-refractivity contribution in [2.45, 2.75) is 18.9 Å². The lowest BCUT2D eigenvalue weighted by atomic mass is 10.1. The Morgan fingerprint density at radius 1 is 1.22 bits per heavy atom. The van der Waals surface area contributed by atoms with Gasteiger partial charge in [-0.15, -0.1) is 0 Å². The fraction of sp³-hybridized carbons (Fsp3) is 0.333. The summed E-state index contributed by atoms with van der Waals surface area (Å²) in [6, 6.07) is 2.74. The van der Waals surface area contributed by atoms with Gasteiger partial charge in [0.25, 0.3) is 0 Å². The van der Waals surface area contributed by atoms with Crippen molar-refractivity contribution in [3.63, 3.8) is 0 Å². The molecule has 18 heavy (non-hydrogen) atoms. The lowest BCUT2D eigenvalue weighted by Gasteiger charge is -2.08. The number of halogens is 2. The van der Waals surface area contributed by atoms with Crippen molar-refractivity contribution < 1.29 is 18.4 Å². The molecule has 1 fully saturated rings. The lowest BCUT2D eigenvalue weighted by Crippen LogP contribution is -2.37. The highest BCUT2D eigenvalue weighted by molar-refractivity contribution is 6.05. The summed E-state index contributed by atoms with van der Waals surface area (Å²) in [6.07, 6.45) is 0.489. The van der Waals surface area contributed by atoms with E-state index in [9.17, 15) is 18.4 Å². The van der Waals surface area contributed by atoms with Crippen molar-refractivity contribution in [2.24, 2.45) is 0 Å². The van der Waals surface area contributed by atoms with Gasteiger partial charge in [0.2, 0.25) is 11.8 Å². The quantitative estimate of drug-likeness (QED) is 0.770. The number of nitrogens with one attached hydrogen (secondary N) is 2. The van der Waals surface area contributed by atoms with E-state index in [1.165, 1.54) is 12.1 Å². The van der Waals surface area contributed by atoms with Crippen LogP contribution in [0.5, 0.6) is 0 Å². The molecule has 0 aromatic heterocycles. The molecule has 0 saturated carbocycles. The van der Waals surface area contributed by atoms with Gasteiger partial charge in [-0.25, -0.2) is 8.78 Å². The first-order valence-corrected chi connectivity index (χ1v) is 5.56. The highest BCUT2D eigenvalue weighted by Gasteiger charge is 2.29. The zero-order valence-corrected chi connectivity index (χ0v) is 9.50. The molecule has 0 spiro atoms. The van der Waals surface area contributed by atoms with E-state index in [1.54, 1.807) is 0 Å². The van der Waals surface area contributed by atoms with Crippen molar-refractivity contribution >= 4 is 11.8 Å². The van der Waals surface area contributed by atoms with Gasteiger partial charge in [-0.1, -0.05) is 0 Å². The van der Waals surface area contributed by atoms with E-state index in [-0.39, 0.29) is 18.2 Å². The van der Waals surface area contributed by atoms with Crippen LogP contribution in [0.15, 0.2) is 18.2 Å². The summed E-state index contributed by atoms with van der Waals surface area (Å²) < 4.78 is 25.8. The van der Waals surface area contributed by atoms with Gasteiger partial charge in [0.1, 0.15) is 11.6 Å². The van der Waals surface area contributed by atoms with Gasteiger partial charge in [0.05, 0.1) is 12.5 Å². The third kappa shape index (κ3) is 3.10. The Labute approximate surface area is 102 Å². The number of carbonyl (C=O) groups is 2. The zero-order chi connectivity index (χ0) is 13.1. The van der Waals surface area contributed by atoms with Crippen molar-refractivity contribution in [1.82, 2.24) is 10.6 Å². The molecule has 1 unspecified atom stereocenters. The summed E-state index contributed by atoms with van der Waals surface area (Å²) in [5.74, 6) is -1.92. The van der Waals surface area contributed by atoms with Crippen LogP contribution in [0.1, 0.15) is 12.0 Å². The van der Waals surface area contributed by atoms with Crippen LogP contribution in [0, 0.1) is 11.6 Å². The van der Waals surface area contributed by atoms with Gasteiger partial charge in [0, 0.05) is 6.07 Å². The van der Waals surface area contributed by atoms with Crippen LogP contribution < -0.4 is 10.6 Å². The smallest absolute Gasteiger partial charge is 0.244 e. The average molecular weight is 254 g/mol. The van der Waals surface area contributed by atoms with Crippen LogP contribution >= 0.6 is 0 Å². The number of benzene rings is 1. The van der Waals surface area contributed by atoms with Crippen LogP contribution in [0.3, 0.4) is 0 Å². The molecule has 0 bridgehead atoms. The SMILES string of the molecule is O=C1CC(NCCc2cc(F)cc(F)c2)C(=O)N1. The first-order chi connectivity index (χ1) is 8.54. The zero-order valence-electron chi connectivity index (χ0n) is 9.50. The second-order valence-corrected chi connectivity index (χ2v) is 4.15. The molecule has 2 amide bonds. The summed E-state index contributed by atoms with van der Waals surface area (Å²) in [7, 11) is 0. The molecule has 96 valence electrons. The van der Waals surface area contributed by atoms with E-state index in [2.05, 4.69) is 10.6 Å². The first kappa shape index (κ1) is 12.6. The molecule has 1 aromatic carbocycles. The third-order valence-electron chi connectivity index (χ3n) is 2.70. The van der Waals surface area contributed by atoms with Crippen LogP contribution in [-0.4, -0.2) is 24.4 Å². The number of imide groups is 1. The summed E-state index contributed by atoms with van der Waals surface area (Å²) in [4.78, 5) is 22.1. The summed E-state index contributed by atoms with van der Waals surface area (Å²) in [5.41, 5.74) is 0.504. The fourth-order valence-electron chi connectivity index (χ4n) is 1.86. The highest BCUT2D eigenvalue weighted by Crippen LogP contribution is 2.08. The molecule has 2 N–H and O–H groups in total. The van der Waals surface area contributed by atoms with Crippen molar-refractivity contribution in [3.05, 3.63) is 35.4 Å². The van der Waals surface area contributed by atoms with Gasteiger partial charge in [-0.3, -0.25) is 14.9 Å². The van der Waals surface area contributed by atoms with E-state index < -0.39 is 17.7 Å². The summed E-state index contributed by atoms with van der Waals surface area (Å²) in [5, 5.41) is 5.04. The maximum atomic E-state index is 12.9. The first-order valence-electron chi connectivity index (χ1n) is 5.56. The van der Waals surface area contributed by atoms with E-state index in [0.29, 0.717) is 18.5 Å². The van der Waals surface area contributed by atoms with Crippen LogP contribution in [0.4, 0.5) is 8.78 Å². The topological polar surface area (TPSA) is 58.2 Å². The van der Waals surface area contributed by atoms with E-state index in [0.717, 1.165) is 6.07 Å². The number of rotatable bonds is 4. The monoisotopic (exact) mass is 254 g/mol.